The summed E-state index contributed by atoms with van der Waals surface area (Å²) in [7, 11) is 0. The topological polar surface area (TPSA) is 58.9 Å². The van der Waals surface area contributed by atoms with Gasteiger partial charge < -0.3 is 4.42 Å². The fourth-order valence-corrected chi connectivity index (χ4v) is 3.15. The van der Waals surface area contributed by atoms with Gasteiger partial charge in [0, 0.05) is 10.6 Å². The van der Waals surface area contributed by atoms with E-state index in [4.69, 9.17) is 4.42 Å². The first-order valence-corrected chi connectivity index (χ1v) is 7.06. The van der Waals surface area contributed by atoms with Crippen molar-refractivity contribution in [3.63, 3.8) is 0 Å². The largest absolute Gasteiger partial charge is 0.434 e. The summed E-state index contributed by atoms with van der Waals surface area (Å²) < 4.78 is 6.34. The molecule has 2 aromatic heterocycles. The van der Waals surface area contributed by atoms with Crippen molar-refractivity contribution in [1.29, 1.82) is 0 Å². The van der Waals surface area contributed by atoms with E-state index in [-0.39, 0.29) is 11.8 Å². The Morgan fingerprint density at radius 3 is 2.84 bits per heavy atom. The van der Waals surface area contributed by atoms with Crippen molar-refractivity contribution in [2.45, 2.75) is 25.7 Å². The highest BCUT2D eigenvalue weighted by Gasteiger charge is 2.22. The van der Waals surface area contributed by atoms with E-state index in [1.54, 1.807) is 11.3 Å². The first-order chi connectivity index (χ1) is 9.16. The summed E-state index contributed by atoms with van der Waals surface area (Å²) in [5, 5.41) is 9.61. The van der Waals surface area contributed by atoms with Gasteiger partial charge in [0.05, 0.1) is 0 Å². The lowest BCUT2D eigenvalue weighted by Gasteiger charge is -2.17. The molecule has 0 saturated carbocycles. The number of benzene rings is 1. The number of aromatic amines is 1. The standard InChI is InChI=1S/C14H14N2O2S/c1-8(9(2)13-15-16-14(17)18-13)10-4-3-5-12-11(10)6-7-19-12/h3-9H,1-2H3,(H,16,17)/t8-,9-/m0/s1. The SMILES string of the molecule is C[C@H](c1n[nH]c(=O)o1)[C@H](C)c1cccc2sccc12. The fourth-order valence-electron chi connectivity index (χ4n) is 2.33. The van der Waals surface area contributed by atoms with Crippen LogP contribution in [0.1, 0.15) is 37.1 Å². The molecule has 0 aliphatic heterocycles. The van der Waals surface area contributed by atoms with Crippen LogP contribution in [0.3, 0.4) is 0 Å². The number of rotatable bonds is 3. The molecule has 0 bridgehead atoms. The number of hydrogen-bond donors (Lipinski definition) is 1. The minimum Gasteiger partial charge on any atom is -0.392 e. The molecule has 3 aromatic rings. The van der Waals surface area contributed by atoms with Crippen LogP contribution < -0.4 is 5.76 Å². The van der Waals surface area contributed by atoms with Gasteiger partial charge in [-0.25, -0.2) is 9.89 Å². The third kappa shape index (κ3) is 2.10. The van der Waals surface area contributed by atoms with Gasteiger partial charge in [0.25, 0.3) is 0 Å². The predicted octanol–water partition coefficient (Wildman–Crippen LogP) is 3.48. The predicted molar refractivity (Wildman–Crippen MR) is 75.8 cm³/mol. The number of fused-ring (bicyclic) bond motifs is 1. The molecule has 1 N–H and O–H groups in total. The Bertz CT molecular complexity index is 756. The average Bonchev–Trinajstić information content (AvgIpc) is 3.04. The summed E-state index contributed by atoms with van der Waals surface area (Å²) in [6.45, 7) is 4.15. The van der Waals surface area contributed by atoms with E-state index >= 15 is 0 Å². The Hall–Kier alpha value is -1.88. The van der Waals surface area contributed by atoms with Crippen LogP contribution in [0, 0.1) is 0 Å². The molecule has 2 heterocycles. The molecular weight excluding hydrogens is 260 g/mol. The Labute approximate surface area is 114 Å². The van der Waals surface area contributed by atoms with Gasteiger partial charge in [-0.1, -0.05) is 26.0 Å². The van der Waals surface area contributed by atoms with E-state index in [0.717, 1.165) is 0 Å². The maximum atomic E-state index is 11.0. The second-order valence-electron chi connectivity index (χ2n) is 4.71. The van der Waals surface area contributed by atoms with Crippen LogP contribution in [0.15, 0.2) is 38.9 Å². The summed E-state index contributed by atoms with van der Waals surface area (Å²) in [6.07, 6.45) is 0. The van der Waals surface area contributed by atoms with Gasteiger partial charge >= 0.3 is 5.76 Å². The molecule has 0 radical (unpaired) electrons. The van der Waals surface area contributed by atoms with E-state index in [1.807, 2.05) is 6.92 Å². The molecule has 5 heteroatoms. The third-order valence-electron chi connectivity index (χ3n) is 3.61. The molecule has 0 fully saturated rings. The van der Waals surface area contributed by atoms with Gasteiger partial charge in [-0.2, -0.15) is 0 Å². The average molecular weight is 274 g/mol. The molecule has 19 heavy (non-hydrogen) atoms. The molecule has 3 rings (SSSR count). The van der Waals surface area contributed by atoms with Crippen molar-refractivity contribution in [3.05, 3.63) is 51.7 Å². The molecular formula is C14H14N2O2S. The summed E-state index contributed by atoms with van der Waals surface area (Å²) in [6, 6.07) is 8.45. The Morgan fingerprint density at radius 1 is 1.26 bits per heavy atom. The Morgan fingerprint density at radius 2 is 2.11 bits per heavy atom. The summed E-state index contributed by atoms with van der Waals surface area (Å²) in [4.78, 5) is 11.0. The van der Waals surface area contributed by atoms with Crippen LogP contribution in [0.25, 0.3) is 10.1 Å². The van der Waals surface area contributed by atoms with Gasteiger partial charge in [-0.3, -0.25) is 0 Å². The minimum atomic E-state index is -0.497. The summed E-state index contributed by atoms with van der Waals surface area (Å²) in [5.74, 6) is 0.238. The molecule has 0 aliphatic rings. The summed E-state index contributed by atoms with van der Waals surface area (Å²) in [5.41, 5.74) is 1.26. The highest BCUT2D eigenvalue weighted by Crippen LogP contribution is 2.36. The van der Waals surface area contributed by atoms with Gasteiger partial charge in [0.15, 0.2) is 0 Å². The fraction of sp³-hybridized carbons (Fsp3) is 0.286. The van der Waals surface area contributed by atoms with Crippen LogP contribution in [0.4, 0.5) is 0 Å². The first kappa shape index (κ1) is 12.2. The van der Waals surface area contributed by atoms with Gasteiger partial charge in [0.2, 0.25) is 5.89 Å². The van der Waals surface area contributed by atoms with Crippen molar-refractivity contribution >= 4 is 21.4 Å². The lowest BCUT2D eigenvalue weighted by Crippen LogP contribution is -2.05. The van der Waals surface area contributed by atoms with E-state index in [9.17, 15) is 4.79 Å². The second kappa shape index (κ2) is 4.66. The van der Waals surface area contributed by atoms with Crippen LogP contribution in [0.2, 0.25) is 0 Å². The highest BCUT2D eigenvalue weighted by molar-refractivity contribution is 7.17. The Kier molecular flexibility index (Phi) is 2.98. The van der Waals surface area contributed by atoms with Crippen molar-refractivity contribution in [2.75, 3.05) is 0 Å². The molecule has 0 spiro atoms. The van der Waals surface area contributed by atoms with Crippen molar-refractivity contribution in [2.24, 2.45) is 0 Å². The van der Waals surface area contributed by atoms with Crippen molar-refractivity contribution in [3.8, 4) is 0 Å². The lowest BCUT2D eigenvalue weighted by atomic mass is 9.87. The number of hydrogen-bond acceptors (Lipinski definition) is 4. The number of H-pyrrole nitrogens is 1. The van der Waals surface area contributed by atoms with E-state index in [1.165, 1.54) is 15.6 Å². The molecule has 1 aromatic carbocycles. The van der Waals surface area contributed by atoms with Crippen LogP contribution in [-0.2, 0) is 0 Å². The molecule has 98 valence electrons. The van der Waals surface area contributed by atoms with Crippen LogP contribution >= 0.6 is 11.3 Å². The molecule has 0 saturated heterocycles. The molecule has 0 amide bonds. The second-order valence-corrected chi connectivity index (χ2v) is 5.66. The van der Waals surface area contributed by atoms with Gasteiger partial charge in [-0.15, -0.1) is 16.4 Å². The molecule has 2 atom stereocenters. The normalized spacial score (nSPS) is 14.6. The minimum absolute atomic E-state index is 0.0458. The number of aromatic nitrogens is 2. The van der Waals surface area contributed by atoms with E-state index in [2.05, 4.69) is 46.8 Å². The number of thiophene rings is 1. The maximum Gasteiger partial charge on any atom is 0.434 e. The first-order valence-electron chi connectivity index (χ1n) is 6.18. The molecule has 0 unspecified atom stereocenters. The number of nitrogens with zero attached hydrogens (tertiary/aromatic N) is 1. The highest BCUT2D eigenvalue weighted by atomic mass is 32.1. The van der Waals surface area contributed by atoms with Crippen LogP contribution in [-0.4, -0.2) is 10.2 Å². The zero-order valence-electron chi connectivity index (χ0n) is 10.7. The smallest absolute Gasteiger partial charge is 0.392 e. The van der Waals surface area contributed by atoms with E-state index in [0.29, 0.717) is 5.89 Å². The zero-order chi connectivity index (χ0) is 13.4. The molecule has 0 aliphatic carbocycles. The third-order valence-corrected chi connectivity index (χ3v) is 4.50. The Balaban J connectivity index is 2.01. The maximum absolute atomic E-state index is 11.0. The van der Waals surface area contributed by atoms with Crippen molar-refractivity contribution < 1.29 is 4.42 Å². The van der Waals surface area contributed by atoms with Gasteiger partial charge in [0.1, 0.15) is 0 Å². The van der Waals surface area contributed by atoms with Crippen molar-refractivity contribution in [1.82, 2.24) is 10.2 Å². The lowest BCUT2D eigenvalue weighted by molar-refractivity contribution is 0.411. The van der Waals surface area contributed by atoms with E-state index < -0.39 is 5.76 Å². The monoisotopic (exact) mass is 274 g/mol. The zero-order valence-corrected chi connectivity index (χ0v) is 11.5. The summed E-state index contributed by atoms with van der Waals surface area (Å²) >= 11 is 1.74. The van der Waals surface area contributed by atoms with Crippen LogP contribution in [0.5, 0.6) is 0 Å². The quantitative estimate of drug-likeness (QED) is 0.795. The molecule has 4 nitrogen and oxygen atoms in total. The van der Waals surface area contributed by atoms with Gasteiger partial charge in [-0.05, 0) is 34.4 Å². The number of nitrogens with one attached hydrogen (secondary N) is 1.